The lowest BCUT2D eigenvalue weighted by Gasteiger charge is -2.18. The van der Waals surface area contributed by atoms with Crippen molar-refractivity contribution in [2.75, 3.05) is 13.2 Å². The molecule has 2 aliphatic rings. The van der Waals surface area contributed by atoms with Gasteiger partial charge in [-0.2, -0.15) is 0 Å². The van der Waals surface area contributed by atoms with E-state index in [1.807, 2.05) is 0 Å². The van der Waals surface area contributed by atoms with Crippen LogP contribution in [0.25, 0.3) is 0 Å². The van der Waals surface area contributed by atoms with Crippen LogP contribution in [0.1, 0.15) is 45.4 Å². The Morgan fingerprint density at radius 1 is 1.12 bits per heavy atom. The van der Waals surface area contributed by atoms with E-state index in [9.17, 15) is 0 Å². The minimum absolute atomic E-state index is 0.735. The van der Waals surface area contributed by atoms with Crippen LogP contribution in [0.3, 0.4) is 0 Å². The van der Waals surface area contributed by atoms with Crippen molar-refractivity contribution in [2.45, 2.75) is 51.0 Å². The third-order valence-corrected chi connectivity index (χ3v) is 5.60. The second-order valence-electron chi connectivity index (χ2n) is 4.81. The van der Waals surface area contributed by atoms with E-state index in [0.717, 1.165) is 24.7 Å². The lowest BCUT2D eigenvalue weighted by atomic mass is 10.4. The van der Waals surface area contributed by atoms with Crippen molar-refractivity contribution >= 4 is 9.28 Å². The molecule has 1 radical (unpaired) electrons. The molecule has 0 aromatic rings. The van der Waals surface area contributed by atoms with Gasteiger partial charge in [0.15, 0.2) is 0 Å². The van der Waals surface area contributed by atoms with Crippen LogP contribution >= 0.6 is 0 Å². The third kappa shape index (κ3) is 4.04. The van der Waals surface area contributed by atoms with Crippen molar-refractivity contribution in [1.29, 1.82) is 0 Å². The number of rotatable bonds is 7. The first-order valence-electron chi connectivity index (χ1n) is 6.69. The van der Waals surface area contributed by atoms with E-state index in [4.69, 9.17) is 8.85 Å². The normalized spacial score (nSPS) is 22.6. The summed E-state index contributed by atoms with van der Waals surface area (Å²) in [4.78, 5) is 0. The largest absolute Gasteiger partial charge is 0.393 e. The Hall–Kier alpha value is -0.123. The van der Waals surface area contributed by atoms with Crippen molar-refractivity contribution in [1.82, 2.24) is 0 Å². The highest BCUT2D eigenvalue weighted by Gasteiger charge is 2.30. The van der Waals surface area contributed by atoms with Gasteiger partial charge in [-0.15, -0.1) is 0 Å². The summed E-state index contributed by atoms with van der Waals surface area (Å²) in [6, 6.07) is 0. The molecule has 2 saturated carbocycles. The molecule has 0 aromatic carbocycles. The summed E-state index contributed by atoms with van der Waals surface area (Å²) in [6.45, 7) is 3.64. The molecule has 0 N–H and O–H groups in total. The van der Waals surface area contributed by atoms with E-state index in [0.29, 0.717) is 0 Å². The summed E-state index contributed by atoms with van der Waals surface area (Å²) in [5.74, 6) is 0.859. The first-order chi connectivity index (χ1) is 7.90. The lowest BCUT2D eigenvalue weighted by molar-refractivity contribution is 0.212. The Morgan fingerprint density at radius 2 is 1.88 bits per heavy atom. The van der Waals surface area contributed by atoms with Gasteiger partial charge in [-0.25, -0.2) is 0 Å². The molecule has 2 fully saturated rings. The van der Waals surface area contributed by atoms with Crippen molar-refractivity contribution < 1.29 is 8.85 Å². The Labute approximate surface area is 101 Å². The second-order valence-corrected chi connectivity index (χ2v) is 6.84. The lowest BCUT2D eigenvalue weighted by Crippen LogP contribution is -2.28. The minimum atomic E-state index is -1.00. The molecule has 0 heterocycles. The van der Waals surface area contributed by atoms with Crippen LogP contribution in [-0.2, 0) is 8.85 Å². The highest BCUT2D eigenvalue weighted by molar-refractivity contribution is 6.46. The fraction of sp³-hybridized carbons (Fsp3) is 0.846. The predicted octanol–water partition coefficient (Wildman–Crippen LogP) is 3.44. The Balaban J connectivity index is 1.68. The zero-order chi connectivity index (χ0) is 11.2. The van der Waals surface area contributed by atoms with Gasteiger partial charge in [0.1, 0.15) is 0 Å². The average molecular weight is 239 g/mol. The van der Waals surface area contributed by atoms with Crippen LogP contribution in [0.4, 0.5) is 0 Å². The summed E-state index contributed by atoms with van der Waals surface area (Å²) < 4.78 is 11.7. The maximum absolute atomic E-state index is 5.94. The minimum Gasteiger partial charge on any atom is -0.393 e. The predicted molar refractivity (Wildman–Crippen MR) is 67.4 cm³/mol. The molecular weight excluding hydrogens is 216 g/mol. The Morgan fingerprint density at radius 3 is 2.50 bits per heavy atom. The molecule has 2 nitrogen and oxygen atoms in total. The standard InChI is InChI=1S/C13H23O2Si/c1-2-14-16(13-7-3-4-8-13)15-11-5-6-12-9-10-12/h5-6,12-13H,2-4,7-11H2,1H3. The van der Waals surface area contributed by atoms with Crippen LogP contribution in [0.15, 0.2) is 12.2 Å². The van der Waals surface area contributed by atoms with E-state index in [1.165, 1.54) is 38.5 Å². The smallest absolute Gasteiger partial charge is 0.388 e. The van der Waals surface area contributed by atoms with E-state index < -0.39 is 9.28 Å². The van der Waals surface area contributed by atoms with Gasteiger partial charge in [0.2, 0.25) is 0 Å². The van der Waals surface area contributed by atoms with E-state index in [1.54, 1.807) is 0 Å². The molecule has 0 aromatic heterocycles. The molecule has 2 aliphatic carbocycles. The van der Waals surface area contributed by atoms with Crippen molar-refractivity contribution in [3.63, 3.8) is 0 Å². The van der Waals surface area contributed by atoms with Gasteiger partial charge in [-0.3, -0.25) is 0 Å². The molecule has 0 unspecified atom stereocenters. The summed E-state index contributed by atoms with van der Waals surface area (Å²) in [5, 5.41) is 0. The van der Waals surface area contributed by atoms with E-state index in [2.05, 4.69) is 19.1 Å². The maximum Gasteiger partial charge on any atom is 0.388 e. The molecule has 0 aliphatic heterocycles. The maximum atomic E-state index is 5.94. The van der Waals surface area contributed by atoms with Crippen LogP contribution in [0, 0.1) is 5.92 Å². The summed E-state index contributed by atoms with van der Waals surface area (Å²) in [5.41, 5.74) is 0.735. The van der Waals surface area contributed by atoms with Gasteiger partial charge in [-0.05, 0) is 38.5 Å². The SMILES string of the molecule is CCO[Si](OCC=CC1CC1)C1CCCC1. The first-order valence-corrected chi connectivity index (χ1v) is 8.08. The third-order valence-electron chi connectivity index (χ3n) is 3.33. The molecule has 0 atom stereocenters. The number of hydrogen-bond donors (Lipinski definition) is 0. The van der Waals surface area contributed by atoms with Crippen molar-refractivity contribution in [3.8, 4) is 0 Å². The molecule has 0 saturated heterocycles. The average Bonchev–Trinajstić information content (AvgIpc) is 2.95. The Bertz CT molecular complexity index is 220. The summed E-state index contributed by atoms with van der Waals surface area (Å²) in [6.07, 6.45) is 12.6. The zero-order valence-electron chi connectivity index (χ0n) is 10.3. The molecule has 2 rings (SSSR count). The molecule has 0 spiro atoms. The number of hydrogen-bond acceptors (Lipinski definition) is 2. The van der Waals surface area contributed by atoms with Crippen LogP contribution in [-0.4, -0.2) is 22.5 Å². The molecule has 0 amide bonds. The first kappa shape index (κ1) is 12.3. The molecule has 0 bridgehead atoms. The topological polar surface area (TPSA) is 18.5 Å². The van der Waals surface area contributed by atoms with Crippen molar-refractivity contribution in [2.24, 2.45) is 5.92 Å². The van der Waals surface area contributed by atoms with E-state index >= 15 is 0 Å². The fourth-order valence-corrected chi connectivity index (χ4v) is 4.23. The van der Waals surface area contributed by atoms with E-state index in [-0.39, 0.29) is 0 Å². The van der Waals surface area contributed by atoms with Gasteiger partial charge in [0.25, 0.3) is 0 Å². The molecule has 91 valence electrons. The quantitative estimate of drug-likeness (QED) is 0.500. The van der Waals surface area contributed by atoms with Gasteiger partial charge in [0.05, 0.1) is 6.61 Å². The van der Waals surface area contributed by atoms with Gasteiger partial charge in [-0.1, -0.05) is 25.0 Å². The second kappa shape index (κ2) is 6.57. The highest BCUT2D eigenvalue weighted by atomic mass is 28.3. The van der Waals surface area contributed by atoms with Crippen molar-refractivity contribution in [3.05, 3.63) is 12.2 Å². The van der Waals surface area contributed by atoms with Crippen LogP contribution < -0.4 is 0 Å². The van der Waals surface area contributed by atoms with Crippen LogP contribution in [0.5, 0.6) is 0 Å². The molecular formula is C13H23O2Si. The van der Waals surface area contributed by atoms with Gasteiger partial charge < -0.3 is 8.85 Å². The molecule has 16 heavy (non-hydrogen) atoms. The Kier molecular flexibility index (Phi) is 5.07. The molecule has 3 heteroatoms. The zero-order valence-corrected chi connectivity index (χ0v) is 11.3. The van der Waals surface area contributed by atoms with Gasteiger partial charge >= 0.3 is 9.28 Å². The summed E-state index contributed by atoms with van der Waals surface area (Å²) >= 11 is 0. The number of allylic oxidation sites excluding steroid dienone is 1. The van der Waals surface area contributed by atoms with Gasteiger partial charge in [0, 0.05) is 12.1 Å². The monoisotopic (exact) mass is 239 g/mol. The summed E-state index contributed by atoms with van der Waals surface area (Å²) in [7, 11) is -1.00. The van der Waals surface area contributed by atoms with Crippen LogP contribution in [0.2, 0.25) is 5.54 Å². The highest BCUT2D eigenvalue weighted by Crippen LogP contribution is 2.33. The fourth-order valence-electron chi connectivity index (χ4n) is 2.25.